The van der Waals surface area contributed by atoms with Gasteiger partial charge in [0.25, 0.3) is 5.91 Å². The van der Waals surface area contributed by atoms with Gasteiger partial charge >= 0.3 is 0 Å². The molecule has 0 fully saturated rings. The quantitative estimate of drug-likeness (QED) is 0.613. The van der Waals surface area contributed by atoms with Crippen LogP contribution >= 0.6 is 0 Å². The van der Waals surface area contributed by atoms with Gasteiger partial charge in [0.2, 0.25) is 0 Å². The number of aldehydes is 1. The Morgan fingerprint density at radius 1 is 1.05 bits per heavy atom. The Labute approximate surface area is 109 Å². The van der Waals surface area contributed by atoms with Crippen LogP contribution in [0.3, 0.4) is 0 Å². The van der Waals surface area contributed by atoms with Crippen molar-refractivity contribution in [3.05, 3.63) is 58.6 Å². The van der Waals surface area contributed by atoms with Crippen LogP contribution in [0.4, 0.5) is 0 Å². The first-order valence-corrected chi connectivity index (χ1v) is 5.99. The van der Waals surface area contributed by atoms with E-state index in [1.54, 1.807) is 25.1 Å². The Morgan fingerprint density at radius 2 is 1.74 bits per heavy atom. The van der Waals surface area contributed by atoms with E-state index in [1.807, 2.05) is 0 Å². The number of carbonyl (C=O) groups excluding carboxylic acids is 2. The Hall–Kier alpha value is -2.55. The highest BCUT2D eigenvalue weighted by Gasteiger charge is 2.13. The highest BCUT2D eigenvalue weighted by Crippen LogP contribution is 2.32. The summed E-state index contributed by atoms with van der Waals surface area (Å²) in [7, 11) is 0. The summed E-state index contributed by atoms with van der Waals surface area (Å²) in [4.78, 5) is 25.6. The summed E-state index contributed by atoms with van der Waals surface area (Å²) in [5, 5.41) is 1.29. The number of benzene rings is 2. The van der Waals surface area contributed by atoms with Crippen molar-refractivity contribution in [1.82, 2.24) is 0 Å². The Kier molecular flexibility index (Phi) is 2.60. The lowest BCUT2D eigenvalue weighted by Gasteiger charge is -1.90. The van der Waals surface area contributed by atoms with Crippen molar-refractivity contribution >= 4 is 17.8 Å². The van der Waals surface area contributed by atoms with Crippen LogP contribution in [0.2, 0.25) is 0 Å². The molecule has 3 aliphatic rings. The number of rotatable bonds is 1. The van der Waals surface area contributed by atoms with E-state index in [1.165, 1.54) is 11.1 Å². The number of amides is 1. The number of hydrogen-bond acceptors (Lipinski definition) is 2. The van der Waals surface area contributed by atoms with E-state index < -0.39 is 0 Å². The summed E-state index contributed by atoms with van der Waals surface area (Å²) in [5.41, 5.74) is 3.94. The second kappa shape index (κ2) is 4.28. The molecule has 3 heteroatoms. The fourth-order valence-electron chi connectivity index (χ4n) is 2.13. The minimum atomic E-state index is -0.246. The fraction of sp³-hybridized carbons (Fsp3) is 0.0625. The van der Waals surface area contributed by atoms with Crippen LogP contribution in [0.15, 0.2) is 47.5 Å². The van der Waals surface area contributed by atoms with E-state index in [-0.39, 0.29) is 5.91 Å². The maximum Gasteiger partial charge on any atom is 0.273 e. The van der Waals surface area contributed by atoms with E-state index in [0.29, 0.717) is 21.7 Å². The SMILES string of the molecule is CC1=c2c(C=O)cccc2=NC1=O.c1cc2cc-2c1. The molecule has 0 atom stereocenters. The molecule has 1 heterocycles. The maximum atomic E-state index is 11.2. The van der Waals surface area contributed by atoms with Gasteiger partial charge in [0.05, 0.1) is 5.36 Å². The lowest BCUT2D eigenvalue weighted by molar-refractivity contribution is -0.112. The Bertz CT molecular complexity index is 802. The first-order valence-electron chi connectivity index (χ1n) is 5.99. The van der Waals surface area contributed by atoms with Crippen molar-refractivity contribution in [2.75, 3.05) is 0 Å². The number of carbonyl (C=O) groups is 2. The van der Waals surface area contributed by atoms with Gasteiger partial charge in [0, 0.05) is 16.4 Å². The van der Waals surface area contributed by atoms with Gasteiger partial charge in [0.15, 0.2) is 6.29 Å². The third kappa shape index (κ3) is 1.99. The molecule has 1 aromatic carbocycles. The van der Waals surface area contributed by atoms with Crippen LogP contribution in [0.5, 0.6) is 0 Å². The zero-order chi connectivity index (χ0) is 13.4. The summed E-state index contributed by atoms with van der Waals surface area (Å²) < 4.78 is 0. The fourth-order valence-corrected chi connectivity index (χ4v) is 2.13. The second-order valence-corrected chi connectivity index (χ2v) is 4.48. The highest BCUT2D eigenvalue weighted by molar-refractivity contribution is 6.15. The largest absolute Gasteiger partial charge is 0.298 e. The predicted molar refractivity (Wildman–Crippen MR) is 72.1 cm³/mol. The topological polar surface area (TPSA) is 46.5 Å². The van der Waals surface area contributed by atoms with E-state index in [9.17, 15) is 9.59 Å². The summed E-state index contributed by atoms with van der Waals surface area (Å²) in [6, 6.07) is 13.6. The number of fused-ring (bicyclic) bond motifs is 2. The molecule has 0 aromatic heterocycles. The molecule has 0 saturated heterocycles. The molecule has 1 amide bonds. The normalized spacial score (nSPS) is 13.1. The predicted octanol–water partition coefficient (Wildman–Crippen LogP) is 1.50. The van der Waals surface area contributed by atoms with Crippen molar-refractivity contribution in [1.29, 1.82) is 0 Å². The maximum absolute atomic E-state index is 11.2. The lowest BCUT2D eigenvalue weighted by Crippen LogP contribution is -2.26. The van der Waals surface area contributed by atoms with Gasteiger partial charge in [-0.3, -0.25) is 9.59 Å². The molecule has 0 radical (unpaired) electrons. The van der Waals surface area contributed by atoms with Crippen LogP contribution in [-0.4, -0.2) is 12.2 Å². The molecule has 0 spiro atoms. The summed E-state index contributed by atoms with van der Waals surface area (Å²) in [5.74, 6) is -0.246. The van der Waals surface area contributed by atoms with Gasteiger partial charge in [-0.05, 0) is 30.2 Å². The summed E-state index contributed by atoms with van der Waals surface area (Å²) >= 11 is 0. The smallest absolute Gasteiger partial charge is 0.273 e. The molecular formula is C16H11NO2. The van der Waals surface area contributed by atoms with Gasteiger partial charge < -0.3 is 0 Å². The average molecular weight is 249 g/mol. The molecule has 4 rings (SSSR count). The lowest BCUT2D eigenvalue weighted by atomic mass is 10.1. The van der Waals surface area contributed by atoms with Gasteiger partial charge in [0.1, 0.15) is 0 Å². The zero-order valence-corrected chi connectivity index (χ0v) is 10.4. The first kappa shape index (κ1) is 11.5. The standard InChI is InChI=1S/C10H7NO2.C6H4/c1-6-9-7(5-12)3-2-4-8(9)11-10(6)13;1-2-5-4-6(5)3-1/h2-5H,1H3;1-4H. The monoisotopic (exact) mass is 249 g/mol. The summed E-state index contributed by atoms with van der Waals surface area (Å²) in [6.45, 7) is 1.69. The minimum Gasteiger partial charge on any atom is -0.298 e. The van der Waals surface area contributed by atoms with Crippen LogP contribution in [0.1, 0.15) is 17.3 Å². The molecule has 19 heavy (non-hydrogen) atoms. The van der Waals surface area contributed by atoms with Crippen molar-refractivity contribution in [3.8, 4) is 11.1 Å². The van der Waals surface area contributed by atoms with E-state index in [2.05, 4.69) is 29.3 Å². The molecule has 1 aromatic rings. The van der Waals surface area contributed by atoms with Gasteiger partial charge in [-0.2, -0.15) is 0 Å². The van der Waals surface area contributed by atoms with E-state index >= 15 is 0 Å². The molecule has 1 aliphatic heterocycles. The van der Waals surface area contributed by atoms with E-state index in [4.69, 9.17) is 0 Å². The molecular weight excluding hydrogens is 238 g/mol. The van der Waals surface area contributed by atoms with Crippen molar-refractivity contribution < 1.29 is 9.59 Å². The molecule has 0 unspecified atom stereocenters. The molecule has 0 bridgehead atoms. The van der Waals surface area contributed by atoms with E-state index in [0.717, 1.165) is 6.29 Å². The Morgan fingerprint density at radius 3 is 2.26 bits per heavy atom. The van der Waals surface area contributed by atoms with Crippen molar-refractivity contribution in [3.63, 3.8) is 0 Å². The highest BCUT2D eigenvalue weighted by atomic mass is 16.1. The number of hydrogen-bond donors (Lipinski definition) is 0. The van der Waals surface area contributed by atoms with Crippen molar-refractivity contribution in [2.24, 2.45) is 4.99 Å². The minimum absolute atomic E-state index is 0.246. The van der Waals surface area contributed by atoms with Gasteiger partial charge in [-0.1, -0.05) is 30.3 Å². The second-order valence-electron chi connectivity index (χ2n) is 4.48. The van der Waals surface area contributed by atoms with Gasteiger partial charge in [-0.25, -0.2) is 4.99 Å². The zero-order valence-electron chi connectivity index (χ0n) is 10.4. The average Bonchev–Trinajstić information content (AvgIpc) is 2.91. The van der Waals surface area contributed by atoms with Gasteiger partial charge in [-0.15, -0.1) is 0 Å². The third-order valence-electron chi connectivity index (χ3n) is 3.23. The number of nitrogens with zero attached hydrogens (tertiary/aromatic N) is 1. The summed E-state index contributed by atoms with van der Waals surface area (Å²) in [6.07, 6.45) is 0.746. The van der Waals surface area contributed by atoms with Crippen LogP contribution in [0.25, 0.3) is 16.7 Å². The molecule has 92 valence electrons. The molecule has 0 saturated carbocycles. The first-order chi connectivity index (χ1) is 9.20. The van der Waals surface area contributed by atoms with Crippen LogP contribution < -0.4 is 10.6 Å². The molecule has 2 aliphatic carbocycles. The van der Waals surface area contributed by atoms with Crippen LogP contribution in [0, 0.1) is 0 Å². The van der Waals surface area contributed by atoms with Crippen molar-refractivity contribution in [2.45, 2.75) is 6.92 Å². The van der Waals surface area contributed by atoms with Crippen LogP contribution in [-0.2, 0) is 4.79 Å². The molecule has 0 N–H and O–H groups in total. The third-order valence-corrected chi connectivity index (χ3v) is 3.23. The Balaban J connectivity index is 0.000000151. The molecule has 3 nitrogen and oxygen atoms in total.